The molecule has 17 heavy (non-hydrogen) atoms. The standard InChI is InChI=1S/C11H14BNO3S/c1-6(13)3-7-4-8(15-2)10-9(5-7)16-11(12,14)17-10/h4-6,14H,3,13H2,1-2H3. The van der Waals surface area contributed by atoms with Crippen molar-refractivity contribution in [1.29, 1.82) is 0 Å². The van der Waals surface area contributed by atoms with Gasteiger partial charge in [-0.1, -0.05) is 11.8 Å². The van der Waals surface area contributed by atoms with E-state index in [0.717, 1.165) is 17.3 Å². The molecule has 3 N–H and O–H groups in total. The summed E-state index contributed by atoms with van der Waals surface area (Å²) in [7, 11) is 7.09. The Labute approximate surface area is 106 Å². The molecule has 4 nitrogen and oxygen atoms in total. The van der Waals surface area contributed by atoms with E-state index in [1.807, 2.05) is 19.1 Å². The maximum atomic E-state index is 9.65. The van der Waals surface area contributed by atoms with Crippen LogP contribution >= 0.6 is 11.8 Å². The topological polar surface area (TPSA) is 64.7 Å². The quantitative estimate of drug-likeness (QED) is 0.779. The van der Waals surface area contributed by atoms with Crippen molar-refractivity contribution in [1.82, 2.24) is 0 Å². The first kappa shape index (κ1) is 12.6. The molecular formula is C11H14BNO3S. The number of rotatable bonds is 3. The zero-order valence-electron chi connectivity index (χ0n) is 9.77. The predicted molar refractivity (Wildman–Crippen MR) is 67.5 cm³/mol. The Kier molecular flexibility index (Phi) is 3.29. The van der Waals surface area contributed by atoms with Crippen molar-refractivity contribution in [3.8, 4) is 11.5 Å². The summed E-state index contributed by atoms with van der Waals surface area (Å²) < 4.78 is 10.5. The van der Waals surface area contributed by atoms with Crippen LogP contribution in [0.1, 0.15) is 12.5 Å². The molecule has 0 aliphatic carbocycles. The smallest absolute Gasteiger partial charge is 0.207 e. The van der Waals surface area contributed by atoms with E-state index in [9.17, 15) is 5.11 Å². The van der Waals surface area contributed by atoms with Crippen LogP contribution in [-0.2, 0) is 6.42 Å². The van der Waals surface area contributed by atoms with E-state index < -0.39 is 5.02 Å². The number of aliphatic hydroxyl groups is 1. The van der Waals surface area contributed by atoms with Crippen LogP contribution < -0.4 is 15.2 Å². The third-order valence-electron chi connectivity index (χ3n) is 2.36. The van der Waals surface area contributed by atoms with Gasteiger partial charge in [0.1, 0.15) is 11.5 Å². The number of ether oxygens (including phenoxy) is 2. The summed E-state index contributed by atoms with van der Waals surface area (Å²) in [4.78, 5) is 0.714. The van der Waals surface area contributed by atoms with Crippen LogP contribution in [0.15, 0.2) is 17.0 Å². The molecule has 0 bridgehead atoms. The average Bonchev–Trinajstić information content (AvgIpc) is 2.49. The van der Waals surface area contributed by atoms with Crippen LogP contribution in [0, 0.1) is 0 Å². The fourth-order valence-electron chi connectivity index (χ4n) is 1.77. The van der Waals surface area contributed by atoms with Gasteiger partial charge in [-0.05, 0) is 31.0 Å². The molecule has 6 heteroatoms. The van der Waals surface area contributed by atoms with Gasteiger partial charge >= 0.3 is 0 Å². The summed E-state index contributed by atoms with van der Waals surface area (Å²) in [6.07, 6.45) is 0.709. The molecule has 2 rings (SSSR count). The van der Waals surface area contributed by atoms with E-state index in [2.05, 4.69) is 0 Å². The number of hydrogen-bond donors (Lipinski definition) is 2. The van der Waals surface area contributed by atoms with Gasteiger partial charge in [0.25, 0.3) is 0 Å². The third-order valence-corrected chi connectivity index (χ3v) is 3.34. The molecule has 1 aromatic rings. The minimum Gasteiger partial charge on any atom is -0.495 e. The molecular weight excluding hydrogens is 237 g/mol. The van der Waals surface area contributed by atoms with Crippen molar-refractivity contribution in [3.05, 3.63) is 17.7 Å². The first-order chi connectivity index (χ1) is 7.91. The normalized spacial score (nSPS) is 24.0. The molecule has 0 amide bonds. The first-order valence-corrected chi connectivity index (χ1v) is 6.08. The highest BCUT2D eigenvalue weighted by Gasteiger charge is 2.35. The van der Waals surface area contributed by atoms with Crippen molar-refractivity contribution in [2.75, 3.05) is 7.11 Å². The van der Waals surface area contributed by atoms with Crippen LogP contribution in [0.3, 0.4) is 0 Å². The van der Waals surface area contributed by atoms with Crippen LogP contribution in [-0.4, -0.2) is 31.1 Å². The van der Waals surface area contributed by atoms with E-state index in [4.69, 9.17) is 23.1 Å². The fourth-order valence-corrected chi connectivity index (χ4v) is 2.64. The molecule has 90 valence electrons. The Morgan fingerprint density at radius 1 is 1.65 bits per heavy atom. The summed E-state index contributed by atoms with van der Waals surface area (Å²) >= 11 is 1.03. The lowest BCUT2D eigenvalue weighted by Crippen LogP contribution is -2.27. The molecule has 0 spiro atoms. The number of hydrogen-bond acceptors (Lipinski definition) is 5. The number of fused-ring (bicyclic) bond motifs is 1. The summed E-state index contributed by atoms with van der Waals surface area (Å²) in [6, 6.07) is 3.77. The molecule has 0 saturated heterocycles. The molecule has 0 fully saturated rings. The predicted octanol–water partition coefficient (Wildman–Crippen LogP) is 0.841. The molecule has 1 aliphatic heterocycles. The molecule has 1 aromatic carbocycles. The summed E-state index contributed by atoms with van der Waals surface area (Å²) in [5, 5.41) is 7.93. The Morgan fingerprint density at radius 2 is 2.35 bits per heavy atom. The van der Waals surface area contributed by atoms with Gasteiger partial charge in [0.15, 0.2) is 7.85 Å². The Morgan fingerprint density at radius 3 is 2.94 bits per heavy atom. The maximum absolute atomic E-state index is 9.65. The lowest BCUT2D eigenvalue weighted by atomic mass is 10.1. The van der Waals surface area contributed by atoms with Gasteiger partial charge in [-0.2, -0.15) is 0 Å². The van der Waals surface area contributed by atoms with Crippen LogP contribution in [0.2, 0.25) is 0 Å². The molecule has 2 atom stereocenters. The number of thioether (sulfide) groups is 1. The molecule has 0 aromatic heterocycles. The van der Waals surface area contributed by atoms with Gasteiger partial charge in [0, 0.05) is 6.04 Å². The number of benzene rings is 1. The van der Waals surface area contributed by atoms with E-state index in [-0.39, 0.29) is 6.04 Å². The average molecular weight is 251 g/mol. The van der Waals surface area contributed by atoms with Crippen molar-refractivity contribution in [2.24, 2.45) is 5.73 Å². The van der Waals surface area contributed by atoms with Crippen LogP contribution in [0.25, 0.3) is 0 Å². The van der Waals surface area contributed by atoms with E-state index in [1.54, 1.807) is 7.11 Å². The molecule has 1 aliphatic rings. The second kappa shape index (κ2) is 4.44. The van der Waals surface area contributed by atoms with Gasteiger partial charge in [-0.3, -0.25) is 0 Å². The zero-order chi connectivity index (χ0) is 12.6. The Balaban J connectivity index is 2.38. The van der Waals surface area contributed by atoms with Crippen molar-refractivity contribution in [3.63, 3.8) is 0 Å². The van der Waals surface area contributed by atoms with Crippen LogP contribution in [0.4, 0.5) is 0 Å². The number of methoxy groups -OCH3 is 1. The minimum atomic E-state index is -1.72. The molecule has 2 radical (unpaired) electrons. The highest BCUT2D eigenvalue weighted by Crippen LogP contribution is 2.50. The molecule has 2 unspecified atom stereocenters. The minimum absolute atomic E-state index is 0.0450. The Bertz CT molecular complexity index is 437. The fraction of sp³-hybridized carbons (Fsp3) is 0.455. The third kappa shape index (κ3) is 2.70. The lowest BCUT2D eigenvalue weighted by Gasteiger charge is -2.14. The monoisotopic (exact) mass is 251 g/mol. The van der Waals surface area contributed by atoms with Gasteiger partial charge < -0.3 is 20.3 Å². The highest BCUT2D eigenvalue weighted by atomic mass is 32.2. The second-order valence-electron chi connectivity index (χ2n) is 4.14. The van der Waals surface area contributed by atoms with Gasteiger partial charge in [-0.25, -0.2) is 0 Å². The summed E-state index contributed by atoms with van der Waals surface area (Å²) in [5.74, 6) is 1.18. The Hall–Kier alpha value is -0.845. The van der Waals surface area contributed by atoms with Crippen molar-refractivity contribution < 1.29 is 14.6 Å². The highest BCUT2D eigenvalue weighted by molar-refractivity contribution is 8.01. The zero-order valence-corrected chi connectivity index (χ0v) is 10.6. The van der Waals surface area contributed by atoms with Crippen molar-refractivity contribution >= 4 is 19.6 Å². The van der Waals surface area contributed by atoms with Gasteiger partial charge in [-0.15, -0.1) is 0 Å². The molecule has 0 saturated carbocycles. The van der Waals surface area contributed by atoms with E-state index in [0.29, 0.717) is 22.8 Å². The lowest BCUT2D eigenvalue weighted by molar-refractivity contribution is 0.0269. The van der Waals surface area contributed by atoms with Crippen molar-refractivity contribution in [2.45, 2.75) is 29.3 Å². The van der Waals surface area contributed by atoms with E-state index >= 15 is 0 Å². The first-order valence-electron chi connectivity index (χ1n) is 5.27. The van der Waals surface area contributed by atoms with Gasteiger partial charge in [0.2, 0.25) is 5.02 Å². The summed E-state index contributed by atoms with van der Waals surface area (Å²) in [6.45, 7) is 1.93. The largest absolute Gasteiger partial charge is 0.495 e. The second-order valence-corrected chi connectivity index (χ2v) is 5.34. The van der Waals surface area contributed by atoms with Gasteiger partial charge in [0.05, 0.1) is 12.0 Å². The summed E-state index contributed by atoms with van der Waals surface area (Å²) in [5.41, 5.74) is 6.75. The SMILES string of the molecule is [B]C1(O)Oc2cc(CC(C)N)cc(OC)c2S1. The molecule has 1 heterocycles. The number of nitrogens with two attached hydrogens (primary N) is 1. The maximum Gasteiger partial charge on any atom is 0.207 e. The van der Waals surface area contributed by atoms with E-state index in [1.165, 1.54) is 0 Å². The van der Waals surface area contributed by atoms with Crippen LogP contribution in [0.5, 0.6) is 11.5 Å².